The van der Waals surface area contributed by atoms with E-state index in [-0.39, 0.29) is 30.8 Å². The largest absolute Gasteiger partial charge is 0.444 e. The predicted molar refractivity (Wildman–Crippen MR) is 176 cm³/mol. The van der Waals surface area contributed by atoms with Crippen LogP contribution in [-0.2, 0) is 25.4 Å². The fourth-order valence-electron chi connectivity index (χ4n) is 5.38. The molecule has 2 N–H and O–H groups in total. The van der Waals surface area contributed by atoms with E-state index in [9.17, 15) is 23.2 Å². The van der Waals surface area contributed by atoms with Gasteiger partial charge in [0, 0.05) is 18.0 Å². The number of hydrogen-bond donors (Lipinski definition) is 2. The molecular weight excluding hydrogens is 641 g/mol. The van der Waals surface area contributed by atoms with Crippen molar-refractivity contribution in [3.05, 3.63) is 95.1 Å². The van der Waals surface area contributed by atoms with Gasteiger partial charge in [-0.25, -0.2) is 22.8 Å². The number of pyridine rings is 1. The van der Waals surface area contributed by atoms with Gasteiger partial charge in [0.05, 0.1) is 37.3 Å². The Morgan fingerprint density at radius 1 is 0.898 bits per heavy atom. The number of anilines is 1. The molecule has 0 radical (unpaired) electrons. The number of carbonyl (C=O) groups is 3. The summed E-state index contributed by atoms with van der Waals surface area (Å²) in [7, 11) is 0. The summed E-state index contributed by atoms with van der Waals surface area (Å²) in [6, 6.07) is 9.27. The summed E-state index contributed by atoms with van der Waals surface area (Å²) in [5, 5.41) is 5.34. The minimum Gasteiger partial charge on any atom is -0.444 e. The van der Waals surface area contributed by atoms with Gasteiger partial charge in [-0.15, -0.1) is 0 Å². The number of alkyl carbamates (subject to hydrolysis) is 1. The Labute approximate surface area is 284 Å². The van der Waals surface area contributed by atoms with Gasteiger partial charge >= 0.3 is 12.2 Å². The second-order valence-electron chi connectivity index (χ2n) is 13.8. The predicted octanol–water partition coefficient (Wildman–Crippen LogP) is 6.73. The highest BCUT2D eigenvalue weighted by atomic mass is 19.1. The van der Waals surface area contributed by atoms with Crippen molar-refractivity contribution in [3.8, 4) is 0 Å². The minimum atomic E-state index is -1.40. The molecule has 1 fully saturated rings. The average molecular weight is 685 g/mol. The maximum atomic E-state index is 15.3. The summed E-state index contributed by atoms with van der Waals surface area (Å²) in [6.07, 6.45) is 0.917. The van der Waals surface area contributed by atoms with Crippen LogP contribution in [0.2, 0.25) is 0 Å². The van der Waals surface area contributed by atoms with E-state index < -0.39 is 64.8 Å². The normalized spacial score (nSPS) is 15.8. The maximum Gasteiger partial charge on any atom is 0.410 e. The van der Waals surface area contributed by atoms with Crippen molar-refractivity contribution in [2.75, 3.05) is 25.0 Å². The molecule has 1 aromatic heterocycles. The van der Waals surface area contributed by atoms with E-state index in [1.807, 2.05) is 0 Å². The maximum absolute atomic E-state index is 15.3. The molecule has 1 saturated heterocycles. The molecule has 4 rings (SSSR count). The SMILES string of the molecule is CC(C)(C)OC(=O)N[C@H](C(=O)Nc1cncc(F)c1CC[C@@H]1CN(C(=O)OC(C)(C)C)CCO1)C(c1ccc(F)cc1)c1ccc(F)cc1. The zero-order valence-corrected chi connectivity index (χ0v) is 28.5. The standard InChI is InChI=1S/C36H43F3N4O6/c1-35(2,3)48-33(45)42-31(30(22-7-11-24(37)12-8-22)23-9-13-25(38)14-10-23)32(44)41-29-20-40-19-28(39)27(29)16-15-26-21-43(17-18-47-26)34(46)49-36(4,5)6/h7-14,19-20,26,30-31H,15-18,21H2,1-6H3,(H,41,44)(H,42,45)/t26-,31+/m1/s1. The molecule has 2 heterocycles. The second kappa shape index (κ2) is 15.7. The van der Waals surface area contributed by atoms with E-state index in [0.717, 1.165) is 6.20 Å². The molecule has 1 aliphatic rings. The Kier molecular flexibility index (Phi) is 11.9. The average Bonchev–Trinajstić information content (AvgIpc) is 3.00. The number of nitrogens with one attached hydrogen (secondary N) is 2. The number of carbonyl (C=O) groups excluding carboxylic acids is 3. The first-order chi connectivity index (χ1) is 23.0. The number of halogens is 3. The Morgan fingerprint density at radius 2 is 1.47 bits per heavy atom. The molecule has 10 nitrogen and oxygen atoms in total. The van der Waals surface area contributed by atoms with Crippen molar-refractivity contribution in [2.24, 2.45) is 0 Å². The number of nitrogens with zero attached hydrogens (tertiary/aromatic N) is 2. The van der Waals surface area contributed by atoms with E-state index in [4.69, 9.17) is 14.2 Å². The smallest absolute Gasteiger partial charge is 0.410 e. The van der Waals surface area contributed by atoms with Crippen LogP contribution in [0.4, 0.5) is 28.4 Å². The molecular formula is C36H43F3N4O6. The van der Waals surface area contributed by atoms with E-state index >= 15 is 4.39 Å². The van der Waals surface area contributed by atoms with E-state index in [0.29, 0.717) is 24.1 Å². The Hall–Kier alpha value is -4.65. The van der Waals surface area contributed by atoms with Crippen molar-refractivity contribution in [1.29, 1.82) is 0 Å². The molecule has 3 aromatic rings. The fourth-order valence-corrected chi connectivity index (χ4v) is 5.38. The lowest BCUT2D eigenvalue weighted by Gasteiger charge is -2.34. The first-order valence-corrected chi connectivity index (χ1v) is 16.0. The summed E-state index contributed by atoms with van der Waals surface area (Å²) in [5.74, 6) is -3.43. The molecule has 2 aromatic carbocycles. The number of rotatable bonds is 9. The lowest BCUT2D eigenvalue weighted by Crippen LogP contribution is -2.49. The minimum absolute atomic E-state index is 0.0535. The van der Waals surface area contributed by atoms with E-state index in [1.54, 1.807) is 46.4 Å². The number of benzene rings is 2. The zero-order valence-electron chi connectivity index (χ0n) is 28.5. The second-order valence-corrected chi connectivity index (χ2v) is 13.8. The number of hydrogen-bond acceptors (Lipinski definition) is 7. The van der Waals surface area contributed by atoms with Gasteiger partial charge in [0.15, 0.2) is 0 Å². The van der Waals surface area contributed by atoms with Crippen LogP contribution in [0, 0.1) is 17.5 Å². The molecule has 49 heavy (non-hydrogen) atoms. The topological polar surface area (TPSA) is 119 Å². The molecule has 264 valence electrons. The number of aromatic nitrogens is 1. The summed E-state index contributed by atoms with van der Waals surface area (Å²) in [4.78, 5) is 45.4. The highest BCUT2D eigenvalue weighted by Gasteiger charge is 2.35. The summed E-state index contributed by atoms with van der Waals surface area (Å²) < 4.78 is 60.0. The molecule has 1 aliphatic heterocycles. The Morgan fingerprint density at radius 3 is 2.02 bits per heavy atom. The van der Waals surface area contributed by atoms with E-state index in [2.05, 4.69) is 15.6 Å². The number of ether oxygens (including phenoxy) is 3. The fraction of sp³-hybridized carbons (Fsp3) is 0.444. The molecule has 13 heteroatoms. The van der Waals surface area contributed by atoms with Gasteiger partial charge < -0.3 is 29.7 Å². The molecule has 0 bridgehead atoms. The van der Waals surface area contributed by atoms with Crippen LogP contribution in [0.3, 0.4) is 0 Å². The summed E-state index contributed by atoms with van der Waals surface area (Å²) in [6.45, 7) is 11.2. The summed E-state index contributed by atoms with van der Waals surface area (Å²) in [5.41, 5.74) is -0.514. The number of morpholine rings is 1. The molecule has 0 saturated carbocycles. The van der Waals surface area contributed by atoms with Crippen LogP contribution >= 0.6 is 0 Å². The van der Waals surface area contributed by atoms with Gasteiger partial charge in [-0.1, -0.05) is 24.3 Å². The third-order valence-electron chi connectivity index (χ3n) is 7.52. The van der Waals surface area contributed by atoms with Gasteiger partial charge in [0.1, 0.15) is 34.7 Å². The van der Waals surface area contributed by atoms with Crippen molar-refractivity contribution in [2.45, 2.75) is 83.6 Å². The Balaban J connectivity index is 1.62. The van der Waals surface area contributed by atoms with Crippen LogP contribution in [0.5, 0.6) is 0 Å². The van der Waals surface area contributed by atoms with Crippen LogP contribution in [0.1, 0.15) is 70.6 Å². The van der Waals surface area contributed by atoms with E-state index in [1.165, 1.54) is 54.7 Å². The Bertz CT molecular complexity index is 1560. The quantitative estimate of drug-likeness (QED) is 0.257. The molecule has 0 aliphatic carbocycles. The monoisotopic (exact) mass is 684 g/mol. The van der Waals surface area contributed by atoms with Crippen LogP contribution in [-0.4, -0.2) is 71.0 Å². The molecule has 3 amide bonds. The third-order valence-corrected chi connectivity index (χ3v) is 7.52. The van der Waals surface area contributed by atoms with Crippen LogP contribution in [0.15, 0.2) is 60.9 Å². The van der Waals surface area contributed by atoms with Crippen molar-refractivity contribution in [1.82, 2.24) is 15.2 Å². The first-order valence-electron chi connectivity index (χ1n) is 16.0. The highest BCUT2D eigenvalue weighted by molar-refractivity contribution is 5.98. The highest BCUT2D eigenvalue weighted by Crippen LogP contribution is 2.31. The number of amides is 3. The zero-order chi connectivity index (χ0) is 35.9. The van der Waals surface area contributed by atoms with Gasteiger partial charge in [0.25, 0.3) is 0 Å². The molecule has 0 unspecified atom stereocenters. The third kappa shape index (κ3) is 10.9. The van der Waals surface area contributed by atoms with Crippen LogP contribution in [0.25, 0.3) is 0 Å². The lowest BCUT2D eigenvalue weighted by atomic mass is 9.84. The summed E-state index contributed by atoms with van der Waals surface area (Å²) >= 11 is 0. The van der Waals surface area contributed by atoms with Gasteiger partial charge in [-0.05, 0) is 89.8 Å². The lowest BCUT2D eigenvalue weighted by molar-refractivity contribution is -0.118. The van der Waals surface area contributed by atoms with Gasteiger partial charge in [0.2, 0.25) is 5.91 Å². The first kappa shape index (κ1) is 37.2. The van der Waals surface area contributed by atoms with Crippen LogP contribution < -0.4 is 10.6 Å². The molecule has 2 atom stereocenters. The molecule has 0 spiro atoms. The van der Waals surface area contributed by atoms with Gasteiger partial charge in [-0.2, -0.15) is 0 Å². The van der Waals surface area contributed by atoms with Crippen molar-refractivity contribution >= 4 is 23.8 Å². The van der Waals surface area contributed by atoms with Gasteiger partial charge in [-0.3, -0.25) is 9.78 Å². The van der Waals surface area contributed by atoms with Crippen molar-refractivity contribution < 1.29 is 41.8 Å². The van der Waals surface area contributed by atoms with Crippen molar-refractivity contribution in [3.63, 3.8) is 0 Å².